The first-order valence-electron chi connectivity index (χ1n) is 6.00. The number of fused-ring (bicyclic) bond motifs is 1. The van der Waals surface area contributed by atoms with E-state index in [1.54, 1.807) is 17.4 Å². The van der Waals surface area contributed by atoms with Gasteiger partial charge in [-0.25, -0.2) is 4.79 Å². The first-order chi connectivity index (χ1) is 9.63. The first kappa shape index (κ1) is 13.5. The van der Waals surface area contributed by atoms with Crippen LogP contribution in [0.1, 0.15) is 10.4 Å². The van der Waals surface area contributed by atoms with Crippen LogP contribution >= 0.6 is 27.3 Å². The SMILES string of the molecule is O=C(O)C1Cc2ccc(OCc3sccc3Br)cc2O1. The average Bonchev–Trinajstić information content (AvgIpc) is 3.01. The number of hydrogen-bond acceptors (Lipinski definition) is 4. The Morgan fingerprint density at radius 3 is 3.05 bits per heavy atom. The van der Waals surface area contributed by atoms with Crippen LogP contribution in [0.3, 0.4) is 0 Å². The molecule has 0 fully saturated rings. The number of thiophene rings is 1. The largest absolute Gasteiger partial charge is 0.488 e. The van der Waals surface area contributed by atoms with Crippen LogP contribution in [-0.4, -0.2) is 17.2 Å². The summed E-state index contributed by atoms with van der Waals surface area (Å²) in [5.74, 6) is 0.335. The van der Waals surface area contributed by atoms with Gasteiger partial charge < -0.3 is 14.6 Å². The van der Waals surface area contributed by atoms with Crippen LogP contribution in [0.15, 0.2) is 34.1 Å². The van der Waals surface area contributed by atoms with Gasteiger partial charge >= 0.3 is 5.97 Å². The molecule has 1 aliphatic rings. The Morgan fingerprint density at radius 2 is 2.35 bits per heavy atom. The molecule has 1 atom stereocenters. The fraction of sp³-hybridized carbons (Fsp3) is 0.214. The normalized spacial score (nSPS) is 16.6. The highest BCUT2D eigenvalue weighted by molar-refractivity contribution is 9.10. The van der Waals surface area contributed by atoms with Crippen molar-refractivity contribution in [3.05, 3.63) is 44.6 Å². The van der Waals surface area contributed by atoms with Crippen molar-refractivity contribution >= 4 is 33.2 Å². The predicted molar refractivity (Wildman–Crippen MR) is 78.5 cm³/mol. The number of aliphatic carboxylic acids is 1. The van der Waals surface area contributed by atoms with Gasteiger partial charge in [0.05, 0.1) is 4.88 Å². The van der Waals surface area contributed by atoms with Crippen molar-refractivity contribution in [2.24, 2.45) is 0 Å². The lowest BCUT2D eigenvalue weighted by molar-refractivity contribution is -0.144. The lowest BCUT2D eigenvalue weighted by atomic mass is 10.1. The molecule has 20 heavy (non-hydrogen) atoms. The van der Waals surface area contributed by atoms with E-state index in [-0.39, 0.29) is 0 Å². The number of carbonyl (C=O) groups is 1. The van der Waals surface area contributed by atoms with Crippen LogP contribution in [0.25, 0.3) is 0 Å². The second-order valence-corrected chi connectivity index (χ2v) is 6.25. The lowest BCUT2D eigenvalue weighted by Gasteiger charge is -2.07. The molecule has 0 spiro atoms. The summed E-state index contributed by atoms with van der Waals surface area (Å²) in [6, 6.07) is 7.43. The second-order valence-electron chi connectivity index (χ2n) is 4.40. The Kier molecular flexibility index (Phi) is 3.67. The van der Waals surface area contributed by atoms with E-state index in [9.17, 15) is 4.79 Å². The van der Waals surface area contributed by atoms with Crippen molar-refractivity contribution in [1.29, 1.82) is 0 Å². The van der Waals surface area contributed by atoms with E-state index < -0.39 is 12.1 Å². The zero-order chi connectivity index (χ0) is 14.1. The first-order valence-corrected chi connectivity index (χ1v) is 7.68. The topological polar surface area (TPSA) is 55.8 Å². The van der Waals surface area contributed by atoms with Gasteiger partial charge in [0.15, 0.2) is 6.10 Å². The van der Waals surface area contributed by atoms with Gasteiger partial charge in [-0.15, -0.1) is 11.3 Å². The monoisotopic (exact) mass is 354 g/mol. The Labute approximate surface area is 128 Å². The third-order valence-electron chi connectivity index (χ3n) is 3.05. The molecule has 0 amide bonds. The van der Waals surface area contributed by atoms with Crippen LogP contribution in [0, 0.1) is 0 Å². The number of halogens is 1. The molecule has 4 nitrogen and oxygen atoms in total. The molecule has 0 aliphatic carbocycles. The molecule has 2 aromatic rings. The summed E-state index contributed by atoms with van der Waals surface area (Å²) in [5.41, 5.74) is 0.905. The summed E-state index contributed by atoms with van der Waals surface area (Å²) in [4.78, 5) is 12.0. The molecular formula is C14H11BrO4S. The van der Waals surface area contributed by atoms with Gasteiger partial charge in [-0.3, -0.25) is 0 Å². The second kappa shape index (κ2) is 5.46. The third-order valence-corrected chi connectivity index (χ3v) is 4.95. The van der Waals surface area contributed by atoms with Crippen LogP contribution < -0.4 is 9.47 Å². The maximum atomic E-state index is 10.9. The molecule has 3 rings (SSSR count). The van der Waals surface area contributed by atoms with E-state index in [1.165, 1.54) is 0 Å². The van der Waals surface area contributed by atoms with E-state index in [1.807, 2.05) is 23.6 Å². The molecule has 0 radical (unpaired) electrons. The van der Waals surface area contributed by atoms with Gasteiger partial charge in [-0.1, -0.05) is 6.07 Å². The molecule has 1 unspecified atom stereocenters. The minimum atomic E-state index is -0.939. The minimum absolute atomic E-state index is 0.404. The molecule has 1 aromatic carbocycles. The van der Waals surface area contributed by atoms with Crippen molar-refractivity contribution in [2.45, 2.75) is 19.1 Å². The van der Waals surface area contributed by atoms with Crippen molar-refractivity contribution in [3.63, 3.8) is 0 Å². The summed E-state index contributed by atoms with van der Waals surface area (Å²) in [5, 5.41) is 10.9. The Balaban J connectivity index is 1.70. The van der Waals surface area contributed by atoms with Crippen LogP contribution in [0.5, 0.6) is 11.5 Å². The zero-order valence-corrected chi connectivity index (χ0v) is 12.7. The minimum Gasteiger partial charge on any atom is -0.488 e. The zero-order valence-electron chi connectivity index (χ0n) is 10.3. The van der Waals surface area contributed by atoms with Crippen LogP contribution in [0.4, 0.5) is 0 Å². The summed E-state index contributed by atoms with van der Waals surface area (Å²) in [7, 11) is 0. The molecule has 1 aliphatic heterocycles. The number of hydrogen-bond donors (Lipinski definition) is 1. The Morgan fingerprint density at radius 1 is 1.50 bits per heavy atom. The van der Waals surface area contributed by atoms with E-state index in [0.717, 1.165) is 14.9 Å². The molecule has 1 aromatic heterocycles. The summed E-state index contributed by atoms with van der Waals surface area (Å²) < 4.78 is 12.1. The summed E-state index contributed by atoms with van der Waals surface area (Å²) in [6.07, 6.45) is -0.381. The fourth-order valence-corrected chi connectivity index (χ4v) is 3.39. The van der Waals surface area contributed by atoms with E-state index >= 15 is 0 Å². The quantitative estimate of drug-likeness (QED) is 0.913. The Bertz CT molecular complexity index is 652. The highest BCUT2D eigenvalue weighted by Crippen LogP contribution is 2.33. The van der Waals surface area contributed by atoms with Gasteiger partial charge in [0.1, 0.15) is 18.1 Å². The van der Waals surface area contributed by atoms with E-state index in [2.05, 4.69) is 15.9 Å². The standard InChI is InChI=1S/C14H11BrO4S/c15-10-3-4-20-13(10)7-18-9-2-1-8-5-12(14(16)17)19-11(8)6-9/h1-4,6,12H,5,7H2,(H,16,17). The van der Waals surface area contributed by atoms with Gasteiger partial charge in [-0.2, -0.15) is 0 Å². The molecule has 104 valence electrons. The van der Waals surface area contributed by atoms with Gasteiger partial charge in [0.2, 0.25) is 0 Å². The van der Waals surface area contributed by atoms with Crippen molar-refractivity contribution < 1.29 is 19.4 Å². The van der Waals surface area contributed by atoms with Crippen LogP contribution in [0.2, 0.25) is 0 Å². The van der Waals surface area contributed by atoms with Crippen molar-refractivity contribution in [1.82, 2.24) is 0 Å². The average molecular weight is 355 g/mol. The molecule has 0 saturated carbocycles. The number of rotatable bonds is 4. The third kappa shape index (κ3) is 2.66. The van der Waals surface area contributed by atoms with Gasteiger partial charge in [-0.05, 0) is 39.0 Å². The maximum absolute atomic E-state index is 10.9. The number of carboxylic acids is 1. The van der Waals surface area contributed by atoms with Crippen LogP contribution in [-0.2, 0) is 17.8 Å². The Hall–Kier alpha value is -1.53. The fourth-order valence-electron chi connectivity index (χ4n) is 2.01. The number of ether oxygens (including phenoxy) is 2. The van der Waals surface area contributed by atoms with Crippen molar-refractivity contribution in [2.75, 3.05) is 0 Å². The smallest absolute Gasteiger partial charge is 0.345 e. The van der Waals surface area contributed by atoms with E-state index in [0.29, 0.717) is 24.5 Å². The lowest BCUT2D eigenvalue weighted by Crippen LogP contribution is -2.24. The molecule has 2 heterocycles. The van der Waals surface area contributed by atoms with Gasteiger partial charge in [0, 0.05) is 17.0 Å². The maximum Gasteiger partial charge on any atom is 0.345 e. The molecule has 0 saturated heterocycles. The molecular weight excluding hydrogens is 344 g/mol. The predicted octanol–water partition coefficient (Wildman–Crippen LogP) is 3.48. The summed E-state index contributed by atoms with van der Waals surface area (Å²) in [6.45, 7) is 0.472. The van der Waals surface area contributed by atoms with Crippen molar-refractivity contribution in [3.8, 4) is 11.5 Å². The number of benzene rings is 1. The summed E-state index contributed by atoms with van der Waals surface area (Å²) >= 11 is 5.07. The molecule has 6 heteroatoms. The highest BCUT2D eigenvalue weighted by atomic mass is 79.9. The number of carboxylic acid groups (broad SMARTS) is 1. The molecule has 0 bridgehead atoms. The molecule has 1 N–H and O–H groups in total. The van der Waals surface area contributed by atoms with E-state index in [4.69, 9.17) is 14.6 Å². The van der Waals surface area contributed by atoms with Gasteiger partial charge in [0.25, 0.3) is 0 Å². The highest BCUT2D eigenvalue weighted by Gasteiger charge is 2.28.